The summed E-state index contributed by atoms with van der Waals surface area (Å²) in [5, 5.41) is 9.72. The van der Waals surface area contributed by atoms with E-state index >= 15 is 0 Å². The van der Waals surface area contributed by atoms with Gasteiger partial charge >= 0.3 is 6.03 Å². The van der Waals surface area contributed by atoms with Crippen molar-refractivity contribution in [3.05, 3.63) is 71.4 Å². The predicted molar refractivity (Wildman–Crippen MR) is 97.3 cm³/mol. The number of nitrogens with one attached hydrogen (secondary N) is 2. The van der Waals surface area contributed by atoms with E-state index in [0.29, 0.717) is 11.4 Å². The third-order valence-electron chi connectivity index (χ3n) is 4.70. The molecule has 2 atom stereocenters. The first-order valence-electron chi connectivity index (χ1n) is 8.84. The SMILES string of the molecule is C[C@H](NC(=O)N[C@H]1CCc2ccccc21)c1nc(-c2ccc(F)cc2)no1. The molecule has 7 heteroatoms. The highest BCUT2D eigenvalue weighted by Crippen LogP contribution is 2.30. The van der Waals surface area contributed by atoms with Gasteiger partial charge in [-0.15, -0.1) is 0 Å². The Morgan fingerprint density at radius 3 is 2.81 bits per heavy atom. The van der Waals surface area contributed by atoms with Crippen molar-refractivity contribution in [2.24, 2.45) is 0 Å². The van der Waals surface area contributed by atoms with E-state index in [1.54, 1.807) is 19.1 Å². The van der Waals surface area contributed by atoms with Crippen LogP contribution in [-0.4, -0.2) is 16.2 Å². The van der Waals surface area contributed by atoms with Gasteiger partial charge in [-0.25, -0.2) is 9.18 Å². The van der Waals surface area contributed by atoms with E-state index in [1.165, 1.54) is 17.7 Å². The smallest absolute Gasteiger partial charge is 0.315 e. The first-order valence-corrected chi connectivity index (χ1v) is 8.84. The lowest BCUT2D eigenvalue weighted by Crippen LogP contribution is -2.38. The molecule has 1 aromatic heterocycles. The van der Waals surface area contributed by atoms with Gasteiger partial charge in [0.1, 0.15) is 11.9 Å². The first-order chi connectivity index (χ1) is 13.1. The topological polar surface area (TPSA) is 80.0 Å². The minimum atomic E-state index is -0.455. The predicted octanol–water partition coefficient (Wildman–Crippen LogP) is 3.92. The number of urea groups is 1. The number of aryl methyl sites for hydroxylation is 1. The third kappa shape index (κ3) is 3.67. The summed E-state index contributed by atoms with van der Waals surface area (Å²) in [7, 11) is 0. The summed E-state index contributed by atoms with van der Waals surface area (Å²) in [4.78, 5) is 16.6. The van der Waals surface area contributed by atoms with Crippen LogP contribution in [0.1, 0.15) is 42.4 Å². The highest BCUT2D eigenvalue weighted by Gasteiger charge is 2.24. The molecule has 0 bridgehead atoms. The van der Waals surface area contributed by atoms with Crippen LogP contribution in [0.2, 0.25) is 0 Å². The van der Waals surface area contributed by atoms with Gasteiger partial charge in [-0.1, -0.05) is 29.4 Å². The number of hydrogen-bond acceptors (Lipinski definition) is 4. The lowest BCUT2D eigenvalue weighted by molar-refractivity contribution is 0.230. The summed E-state index contributed by atoms with van der Waals surface area (Å²) in [5.74, 6) is 0.308. The summed E-state index contributed by atoms with van der Waals surface area (Å²) >= 11 is 0. The van der Waals surface area contributed by atoms with Gasteiger partial charge < -0.3 is 15.2 Å². The molecular weight excluding hydrogens is 347 g/mol. The van der Waals surface area contributed by atoms with Crippen molar-refractivity contribution < 1.29 is 13.7 Å². The monoisotopic (exact) mass is 366 g/mol. The van der Waals surface area contributed by atoms with Gasteiger partial charge in [0.25, 0.3) is 0 Å². The van der Waals surface area contributed by atoms with Crippen molar-refractivity contribution >= 4 is 6.03 Å². The van der Waals surface area contributed by atoms with Crippen molar-refractivity contribution in [2.75, 3.05) is 0 Å². The Hall–Kier alpha value is -3.22. The Morgan fingerprint density at radius 2 is 2.00 bits per heavy atom. The highest BCUT2D eigenvalue weighted by molar-refractivity contribution is 5.75. The Kier molecular flexibility index (Phi) is 4.58. The second-order valence-corrected chi connectivity index (χ2v) is 6.59. The molecule has 0 saturated heterocycles. The Labute approximate surface area is 155 Å². The number of amides is 2. The maximum atomic E-state index is 13.0. The molecule has 2 amide bonds. The summed E-state index contributed by atoms with van der Waals surface area (Å²) < 4.78 is 18.3. The minimum absolute atomic E-state index is 0.00543. The molecule has 0 aliphatic heterocycles. The Bertz CT molecular complexity index is 955. The molecule has 0 radical (unpaired) electrons. The van der Waals surface area contributed by atoms with E-state index in [9.17, 15) is 9.18 Å². The number of hydrogen-bond donors (Lipinski definition) is 2. The van der Waals surface area contributed by atoms with Gasteiger partial charge in [0.05, 0.1) is 6.04 Å². The Balaban J connectivity index is 1.39. The maximum Gasteiger partial charge on any atom is 0.315 e. The molecular formula is C20H19FN4O2. The maximum absolute atomic E-state index is 13.0. The molecule has 0 saturated carbocycles. The fraction of sp³-hybridized carbons (Fsp3) is 0.250. The van der Waals surface area contributed by atoms with Gasteiger partial charge in [0.2, 0.25) is 11.7 Å². The second-order valence-electron chi connectivity index (χ2n) is 6.59. The number of halogens is 1. The van der Waals surface area contributed by atoms with E-state index in [0.717, 1.165) is 18.4 Å². The molecule has 138 valence electrons. The zero-order chi connectivity index (χ0) is 18.8. The van der Waals surface area contributed by atoms with Crippen LogP contribution in [0.15, 0.2) is 53.1 Å². The number of fused-ring (bicyclic) bond motifs is 1. The van der Waals surface area contributed by atoms with Gasteiger partial charge in [-0.2, -0.15) is 4.98 Å². The zero-order valence-electron chi connectivity index (χ0n) is 14.8. The van der Waals surface area contributed by atoms with E-state index in [2.05, 4.69) is 26.8 Å². The number of aromatic nitrogens is 2. The number of rotatable bonds is 4. The van der Waals surface area contributed by atoms with Gasteiger partial charge in [-0.05, 0) is 55.2 Å². The van der Waals surface area contributed by atoms with Crippen molar-refractivity contribution in [1.82, 2.24) is 20.8 Å². The number of nitrogens with zero attached hydrogens (tertiary/aromatic N) is 2. The molecule has 0 unspecified atom stereocenters. The van der Waals surface area contributed by atoms with Crippen LogP contribution in [-0.2, 0) is 6.42 Å². The largest absolute Gasteiger partial charge is 0.337 e. The fourth-order valence-electron chi connectivity index (χ4n) is 3.29. The molecule has 0 spiro atoms. The molecule has 4 rings (SSSR count). The lowest BCUT2D eigenvalue weighted by atomic mass is 10.1. The quantitative estimate of drug-likeness (QED) is 0.733. The lowest BCUT2D eigenvalue weighted by Gasteiger charge is -2.16. The van der Waals surface area contributed by atoms with Crippen LogP contribution in [0.25, 0.3) is 11.4 Å². The second kappa shape index (κ2) is 7.19. The zero-order valence-corrected chi connectivity index (χ0v) is 14.8. The molecule has 1 aliphatic rings. The molecule has 2 aromatic carbocycles. The van der Waals surface area contributed by atoms with Crippen molar-refractivity contribution in [1.29, 1.82) is 0 Å². The minimum Gasteiger partial charge on any atom is -0.337 e. The molecule has 6 nitrogen and oxygen atoms in total. The fourth-order valence-corrected chi connectivity index (χ4v) is 3.29. The summed E-state index contributed by atoms with van der Waals surface area (Å²) in [6.45, 7) is 1.77. The number of carbonyl (C=O) groups is 1. The summed E-state index contributed by atoms with van der Waals surface area (Å²) in [5.41, 5.74) is 3.08. The van der Waals surface area contributed by atoms with Crippen LogP contribution < -0.4 is 10.6 Å². The van der Waals surface area contributed by atoms with Crippen LogP contribution in [0.4, 0.5) is 9.18 Å². The van der Waals surface area contributed by atoms with Crippen LogP contribution in [0.3, 0.4) is 0 Å². The van der Waals surface area contributed by atoms with Crippen LogP contribution in [0.5, 0.6) is 0 Å². The highest BCUT2D eigenvalue weighted by atomic mass is 19.1. The molecule has 1 heterocycles. The van der Waals surface area contributed by atoms with Crippen molar-refractivity contribution in [2.45, 2.75) is 31.8 Å². The first kappa shape index (κ1) is 17.2. The van der Waals surface area contributed by atoms with Crippen molar-refractivity contribution in [3.63, 3.8) is 0 Å². The van der Waals surface area contributed by atoms with E-state index in [-0.39, 0.29) is 23.8 Å². The number of carbonyl (C=O) groups excluding carboxylic acids is 1. The van der Waals surface area contributed by atoms with Gasteiger partial charge in [0.15, 0.2) is 0 Å². The molecule has 3 aromatic rings. The summed E-state index contributed by atoms with van der Waals surface area (Å²) in [6.07, 6.45) is 1.85. The van der Waals surface area contributed by atoms with E-state index in [1.807, 2.05) is 18.2 Å². The van der Waals surface area contributed by atoms with E-state index in [4.69, 9.17) is 4.52 Å². The van der Waals surface area contributed by atoms with E-state index < -0.39 is 6.04 Å². The average molecular weight is 366 g/mol. The molecule has 2 N–H and O–H groups in total. The third-order valence-corrected chi connectivity index (χ3v) is 4.70. The average Bonchev–Trinajstić information content (AvgIpc) is 3.30. The molecule has 27 heavy (non-hydrogen) atoms. The molecule has 0 fully saturated rings. The molecule has 1 aliphatic carbocycles. The normalized spacial score (nSPS) is 16.6. The number of benzene rings is 2. The van der Waals surface area contributed by atoms with Gasteiger partial charge in [0, 0.05) is 5.56 Å². The standard InChI is InChI=1S/C20H19FN4O2/c1-12(19-24-18(25-27-19)14-6-9-15(21)10-7-14)22-20(26)23-17-11-8-13-4-2-3-5-16(13)17/h2-7,9-10,12,17H,8,11H2,1H3,(H2,22,23,26)/t12-,17-/m0/s1. The van der Waals surface area contributed by atoms with Gasteiger partial charge in [-0.3, -0.25) is 0 Å². The van der Waals surface area contributed by atoms with Crippen LogP contribution in [0, 0.1) is 5.82 Å². The Morgan fingerprint density at radius 1 is 1.22 bits per heavy atom. The van der Waals surface area contributed by atoms with Crippen LogP contribution >= 0.6 is 0 Å². The van der Waals surface area contributed by atoms with Crippen molar-refractivity contribution in [3.8, 4) is 11.4 Å². The summed E-state index contributed by atoms with van der Waals surface area (Å²) in [6, 6.07) is 13.2.